The smallest absolute Gasteiger partial charge is 0.337 e. The van der Waals surface area contributed by atoms with Crippen molar-refractivity contribution >= 4 is 29.2 Å². The lowest BCUT2D eigenvalue weighted by atomic mass is 9.72. The second kappa shape index (κ2) is 7.95. The summed E-state index contributed by atoms with van der Waals surface area (Å²) in [6.07, 6.45) is 1.31. The molecule has 1 heterocycles. The van der Waals surface area contributed by atoms with Crippen molar-refractivity contribution in [3.63, 3.8) is 0 Å². The van der Waals surface area contributed by atoms with E-state index in [1.807, 2.05) is 32.0 Å². The number of halogens is 1. The summed E-state index contributed by atoms with van der Waals surface area (Å²) in [4.78, 5) is 24.0. The Morgan fingerprint density at radius 2 is 1.97 bits per heavy atom. The molecule has 0 fully saturated rings. The van der Waals surface area contributed by atoms with Gasteiger partial charge in [-0.15, -0.1) is 0 Å². The van der Waals surface area contributed by atoms with E-state index in [0.29, 0.717) is 23.6 Å². The van der Waals surface area contributed by atoms with Crippen molar-refractivity contribution in [2.75, 3.05) is 12.4 Å². The Bertz CT molecular complexity index is 998. The third-order valence-corrected chi connectivity index (χ3v) is 6.12. The maximum atomic E-state index is 12.2. The molecule has 160 valence electrons. The summed E-state index contributed by atoms with van der Waals surface area (Å²) in [5.41, 5.74) is 3.19. The number of benzene rings is 2. The normalized spacial score (nSPS) is 17.6. The zero-order chi connectivity index (χ0) is 22.3. The van der Waals surface area contributed by atoms with Crippen molar-refractivity contribution in [3.05, 3.63) is 63.7 Å². The van der Waals surface area contributed by atoms with E-state index in [1.54, 1.807) is 7.05 Å². The molecule has 3 N–H and O–H groups in total. The van der Waals surface area contributed by atoms with Crippen LogP contribution in [0.3, 0.4) is 0 Å². The van der Waals surface area contributed by atoms with Crippen LogP contribution in [0.25, 0.3) is 0 Å². The standard InChI is InChI=1S/C24H29ClN2O3/c1-23(2)13-16-10-17(25)11-18(21(28)29)19(16)27-20(23)15-8-6-7-14(9-15)12-24(3,4)22(30)26-5/h6-11,20,27H,12-13H2,1-5H3,(H,26,30)(H,28,29). The molecule has 0 radical (unpaired) electrons. The highest BCUT2D eigenvalue weighted by Crippen LogP contribution is 2.47. The minimum Gasteiger partial charge on any atom is -0.478 e. The molecule has 2 aromatic carbocycles. The van der Waals surface area contributed by atoms with Gasteiger partial charge in [0.2, 0.25) is 5.91 Å². The van der Waals surface area contributed by atoms with Crippen LogP contribution >= 0.6 is 11.6 Å². The van der Waals surface area contributed by atoms with E-state index in [2.05, 4.69) is 36.6 Å². The molecular weight excluding hydrogens is 400 g/mol. The number of carbonyl (C=O) groups is 2. The number of carboxylic acids is 1. The van der Waals surface area contributed by atoms with Gasteiger partial charge in [0.25, 0.3) is 0 Å². The lowest BCUT2D eigenvalue weighted by Crippen LogP contribution is -2.37. The van der Waals surface area contributed by atoms with Crippen molar-refractivity contribution in [1.29, 1.82) is 0 Å². The SMILES string of the molecule is CNC(=O)C(C)(C)Cc1cccc(C2Nc3c(cc(Cl)cc3C(=O)O)CC2(C)C)c1. The number of fused-ring (bicyclic) bond motifs is 1. The molecule has 0 spiro atoms. The molecule has 1 aliphatic heterocycles. The molecule has 0 bridgehead atoms. The van der Waals surface area contributed by atoms with Gasteiger partial charge in [-0.2, -0.15) is 0 Å². The summed E-state index contributed by atoms with van der Waals surface area (Å²) >= 11 is 6.17. The van der Waals surface area contributed by atoms with E-state index < -0.39 is 11.4 Å². The van der Waals surface area contributed by atoms with Gasteiger partial charge >= 0.3 is 5.97 Å². The Morgan fingerprint density at radius 3 is 2.60 bits per heavy atom. The van der Waals surface area contributed by atoms with Crippen LogP contribution in [0, 0.1) is 10.8 Å². The lowest BCUT2D eigenvalue weighted by Gasteiger charge is -2.42. The van der Waals surface area contributed by atoms with Gasteiger partial charge in [-0.1, -0.05) is 63.6 Å². The molecule has 0 aliphatic carbocycles. The van der Waals surface area contributed by atoms with Gasteiger partial charge in [-0.05, 0) is 47.1 Å². The predicted octanol–water partition coefficient (Wildman–Crippen LogP) is 5.09. The zero-order valence-corrected chi connectivity index (χ0v) is 18.9. The first-order valence-corrected chi connectivity index (χ1v) is 10.5. The van der Waals surface area contributed by atoms with Crippen LogP contribution in [0.5, 0.6) is 0 Å². The van der Waals surface area contributed by atoms with Gasteiger partial charge in [-0.3, -0.25) is 4.79 Å². The molecule has 3 rings (SSSR count). The van der Waals surface area contributed by atoms with Crippen LogP contribution in [0.4, 0.5) is 5.69 Å². The van der Waals surface area contributed by atoms with Gasteiger partial charge in [0.05, 0.1) is 17.3 Å². The van der Waals surface area contributed by atoms with Crippen LogP contribution < -0.4 is 10.6 Å². The Balaban J connectivity index is 1.99. The Labute approximate surface area is 182 Å². The fourth-order valence-electron chi connectivity index (χ4n) is 4.42. The number of aromatic carboxylic acids is 1. The highest BCUT2D eigenvalue weighted by atomic mass is 35.5. The van der Waals surface area contributed by atoms with Crippen molar-refractivity contribution in [1.82, 2.24) is 5.32 Å². The monoisotopic (exact) mass is 428 g/mol. The number of anilines is 1. The number of nitrogens with one attached hydrogen (secondary N) is 2. The van der Waals surface area contributed by atoms with Gasteiger partial charge in [0.1, 0.15) is 0 Å². The van der Waals surface area contributed by atoms with Crippen molar-refractivity contribution in [2.24, 2.45) is 10.8 Å². The van der Waals surface area contributed by atoms with Crippen molar-refractivity contribution in [2.45, 2.75) is 46.6 Å². The summed E-state index contributed by atoms with van der Waals surface area (Å²) in [7, 11) is 1.65. The highest BCUT2D eigenvalue weighted by molar-refractivity contribution is 6.31. The van der Waals surface area contributed by atoms with E-state index in [1.165, 1.54) is 6.07 Å². The van der Waals surface area contributed by atoms with Crippen LogP contribution in [0.2, 0.25) is 5.02 Å². The van der Waals surface area contributed by atoms with Crippen LogP contribution in [0.15, 0.2) is 36.4 Å². The number of carbonyl (C=O) groups excluding carboxylic acids is 1. The average molecular weight is 429 g/mol. The molecule has 1 amide bonds. The second-order valence-corrected chi connectivity index (χ2v) is 9.86. The molecule has 1 aliphatic rings. The minimum atomic E-state index is -0.999. The molecule has 2 aromatic rings. The maximum Gasteiger partial charge on any atom is 0.337 e. The minimum absolute atomic E-state index is 0.000861. The summed E-state index contributed by atoms with van der Waals surface area (Å²) < 4.78 is 0. The lowest BCUT2D eigenvalue weighted by molar-refractivity contribution is -0.128. The van der Waals surface area contributed by atoms with Gasteiger partial charge < -0.3 is 15.7 Å². The average Bonchev–Trinajstić information content (AvgIpc) is 2.65. The number of carboxylic acid groups (broad SMARTS) is 1. The Morgan fingerprint density at radius 1 is 1.27 bits per heavy atom. The van der Waals surface area contributed by atoms with E-state index in [-0.39, 0.29) is 22.9 Å². The number of amides is 1. The van der Waals surface area contributed by atoms with E-state index in [9.17, 15) is 14.7 Å². The largest absolute Gasteiger partial charge is 0.478 e. The van der Waals surface area contributed by atoms with Crippen molar-refractivity contribution in [3.8, 4) is 0 Å². The Kier molecular flexibility index (Phi) is 5.87. The summed E-state index contributed by atoms with van der Waals surface area (Å²) in [6, 6.07) is 11.5. The first-order valence-electron chi connectivity index (χ1n) is 10.1. The molecule has 1 atom stereocenters. The van der Waals surface area contributed by atoms with Crippen LogP contribution in [-0.4, -0.2) is 24.0 Å². The number of hydrogen-bond donors (Lipinski definition) is 3. The maximum absolute atomic E-state index is 12.2. The summed E-state index contributed by atoms with van der Waals surface area (Å²) in [5.74, 6) is -0.998. The van der Waals surface area contributed by atoms with E-state index in [0.717, 1.165) is 16.7 Å². The number of hydrogen-bond acceptors (Lipinski definition) is 3. The molecule has 5 nitrogen and oxygen atoms in total. The zero-order valence-electron chi connectivity index (χ0n) is 18.1. The van der Waals surface area contributed by atoms with Crippen LogP contribution in [-0.2, 0) is 17.6 Å². The molecule has 6 heteroatoms. The number of rotatable bonds is 5. The van der Waals surface area contributed by atoms with Crippen molar-refractivity contribution < 1.29 is 14.7 Å². The third kappa shape index (κ3) is 4.31. The molecule has 1 unspecified atom stereocenters. The first kappa shape index (κ1) is 22.2. The first-order chi connectivity index (χ1) is 13.9. The molecular formula is C24H29ClN2O3. The molecule has 0 saturated heterocycles. The fraction of sp³-hybridized carbons (Fsp3) is 0.417. The molecule has 30 heavy (non-hydrogen) atoms. The fourth-order valence-corrected chi connectivity index (χ4v) is 4.66. The van der Waals surface area contributed by atoms with E-state index in [4.69, 9.17) is 11.6 Å². The summed E-state index contributed by atoms with van der Waals surface area (Å²) in [6.45, 7) is 8.19. The van der Waals surface area contributed by atoms with E-state index >= 15 is 0 Å². The predicted molar refractivity (Wildman–Crippen MR) is 120 cm³/mol. The topological polar surface area (TPSA) is 78.4 Å². The Hall–Kier alpha value is -2.53. The van der Waals surface area contributed by atoms with Gasteiger partial charge in [0.15, 0.2) is 0 Å². The van der Waals surface area contributed by atoms with Gasteiger partial charge in [0, 0.05) is 17.5 Å². The van der Waals surface area contributed by atoms with Crippen LogP contribution in [0.1, 0.15) is 60.8 Å². The third-order valence-electron chi connectivity index (χ3n) is 5.90. The quantitative estimate of drug-likeness (QED) is 0.619. The second-order valence-electron chi connectivity index (χ2n) is 9.42. The molecule has 0 saturated carbocycles. The van der Waals surface area contributed by atoms with Gasteiger partial charge in [-0.25, -0.2) is 4.79 Å². The summed E-state index contributed by atoms with van der Waals surface area (Å²) in [5, 5.41) is 16.3. The molecule has 0 aromatic heterocycles. The highest BCUT2D eigenvalue weighted by Gasteiger charge is 2.38.